The first-order chi connectivity index (χ1) is 10.6. The summed E-state index contributed by atoms with van der Waals surface area (Å²) in [7, 11) is 1.52. The van der Waals surface area contributed by atoms with Crippen molar-refractivity contribution in [3.63, 3.8) is 0 Å². The standard InChI is InChI=1S/C15H10Cl3N3O/c1-22-15-20-12-5-3-2-4-9(12)14(21-15)19-8-6-10(16)13(18)11(17)7-8/h2-7H,1H3,(H,19,20,21). The van der Waals surface area contributed by atoms with Gasteiger partial charge in [-0.05, 0) is 24.3 Å². The highest BCUT2D eigenvalue weighted by Gasteiger charge is 2.10. The molecule has 0 radical (unpaired) electrons. The second-order valence-electron chi connectivity index (χ2n) is 4.45. The summed E-state index contributed by atoms with van der Waals surface area (Å²) >= 11 is 18.1. The van der Waals surface area contributed by atoms with Gasteiger partial charge in [0.25, 0.3) is 0 Å². The zero-order valence-corrected chi connectivity index (χ0v) is 13.7. The number of anilines is 2. The maximum absolute atomic E-state index is 6.05. The van der Waals surface area contributed by atoms with Crippen LogP contribution < -0.4 is 10.1 Å². The summed E-state index contributed by atoms with van der Waals surface area (Å²) in [5.41, 5.74) is 1.44. The highest BCUT2D eigenvalue weighted by molar-refractivity contribution is 6.48. The predicted octanol–water partition coefficient (Wildman–Crippen LogP) is 5.34. The lowest BCUT2D eigenvalue weighted by Gasteiger charge is -2.11. The molecule has 0 fully saturated rings. The fraction of sp³-hybridized carbons (Fsp3) is 0.0667. The quantitative estimate of drug-likeness (QED) is 0.645. The molecular weight excluding hydrogens is 345 g/mol. The van der Waals surface area contributed by atoms with E-state index in [1.54, 1.807) is 12.1 Å². The summed E-state index contributed by atoms with van der Waals surface area (Å²) < 4.78 is 5.13. The normalized spacial score (nSPS) is 10.7. The van der Waals surface area contributed by atoms with E-state index in [0.717, 1.165) is 10.9 Å². The topological polar surface area (TPSA) is 47.0 Å². The van der Waals surface area contributed by atoms with Gasteiger partial charge in [-0.2, -0.15) is 9.97 Å². The van der Waals surface area contributed by atoms with Crippen LogP contribution in [-0.2, 0) is 0 Å². The summed E-state index contributed by atoms with van der Waals surface area (Å²) in [5.74, 6) is 0.594. The molecule has 4 nitrogen and oxygen atoms in total. The Morgan fingerprint density at radius 1 is 1.00 bits per heavy atom. The first-order valence-corrected chi connectivity index (χ1v) is 7.44. The van der Waals surface area contributed by atoms with Crippen LogP contribution in [0.4, 0.5) is 11.5 Å². The van der Waals surface area contributed by atoms with E-state index in [-0.39, 0.29) is 6.01 Å². The van der Waals surface area contributed by atoms with Crippen LogP contribution in [0.15, 0.2) is 36.4 Å². The van der Waals surface area contributed by atoms with Crippen LogP contribution >= 0.6 is 34.8 Å². The second-order valence-corrected chi connectivity index (χ2v) is 5.65. The third-order valence-corrected chi connectivity index (χ3v) is 4.21. The third kappa shape index (κ3) is 2.90. The van der Waals surface area contributed by atoms with Crippen LogP contribution in [0, 0.1) is 0 Å². The summed E-state index contributed by atoms with van der Waals surface area (Å²) in [4.78, 5) is 8.63. The van der Waals surface area contributed by atoms with Crippen molar-refractivity contribution in [1.82, 2.24) is 9.97 Å². The molecule has 1 aromatic heterocycles. The number of aromatic nitrogens is 2. The van der Waals surface area contributed by atoms with Gasteiger partial charge in [0.15, 0.2) is 0 Å². The summed E-state index contributed by atoms with van der Waals surface area (Å²) in [5, 5.41) is 5.07. The molecule has 0 bridgehead atoms. The number of ether oxygens (including phenoxy) is 1. The van der Waals surface area contributed by atoms with E-state index in [2.05, 4.69) is 15.3 Å². The Morgan fingerprint density at radius 3 is 2.36 bits per heavy atom. The molecule has 22 heavy (non-hydrogen) atoms. The highest BCUT2D eigenvalue weighted by Crippen LogP contribution is 2.35. The molecule has 0 atom stereocenters. The summed E-state index contributed by atoms with van der Waals surface area (Å²) in [6.45, 7) is 0. The van der Waals surface area contributed by atoms with Gasteiger partial charge in [-0.25, -0.2) is 0 Å². The Morgan fingerprint density at radius 2 is 1.68 bits per heavy atom. The lowest BCUT2D eigenvalue weighted by atomic mass is 10.2. The number of hydrogen-bond donors (Lipinski definition) is 1. The predicted molar refractivity (Wildman–Crippen MR) is 90.8 cm³/mol. The minimum atomic E-state index is 0.271. The number of rotatable bonds is 3. The van der Waals surface area contributed by atoms with Crippen molar-refractivity contribution in [3.05, 3.63) is 51.5 Å². The zero-order valence-electron chi connectivity index (χ0n) is 11.4. The maximum Gasteiger partial charge on any atom is 0.318 e. The molecule has 7 heteroatoms. The Labute approximate surface area is 142 Å². The minimum Gasteiger partial charge on any atom is -0.467 e. The average molecular weight is 355 g/mol. The molecule has 1 N–H and O–H groups in total. The lowest BCUT2D eigenvalue weighted by Crippen LogP contribution is -2.00. The van der Waals surface area contributed by atoms with Gasteiger partial charge < -0.3 is 10.1 Å². The molecule has 1 heterocycles. The van der Waals surface area contributed by atoms with Crippen molar-refractivity contribution >= 4 is 57.2 Å². The van der Waals surface area contributed by atoms with E-state index in [1.807, 2.05) is 24.3 Å². The number of nitrogens with zero attached hydrogens (tertiary/aromatic N) is 2. The lowest BCUT2D eigenvalue weighted by molar-refractivity contribution is 0.382. The first kappa shape index (κ1) is 15.2. The van der Waals surface area contributed by atoms with Gasteiger partial charge in [0.2, 0.25) is 0 Å². The SMILES string of the molecule is COc1nc(Nc2cc(Cl)c(Cl)c(Cl)c2)c2ccccc2n1. The van der Waals surface area contributed by atoms with Crippen LogP contribution in [0.2, 0.25) is 15.1 Å². The van der Waals surface area contributed by atoms with Crippen LogP contribution in [0.1, 0.15) is 0 Å². The van der Waals surface area contributed by atoms with Crippen LogP contribution in [-0.4, -0.2) is 17.1 Å². The fourth-order valence-electron chi connectivity index (χ4n) is 2.01. The molecular formula is C15H10Cl3N3O. The van der Waals surface area contributed by atoms with Gasteiger partial charge in [-0.3, -0.25) is 0 Å². The molecule has 0 amide bonds. The number of benzene rings is 2. The van der Waals surface area contributed by atoms with Gasteiger partial charge in [-0.1, -0.05) is 46.9 Å². The molecule has 3 aromatic rings. The van der Waals surface area contributed by atoms with Crippen molar-refractivity contribution in [2.24, 2.45) is 0 Å². The van der Waals surface area contributed by atoms with Gasteiger partial charge in [0.05, 0.1) is 27.7 Å². The van der Waals surface area contributed by atoms with Crippen LogP contribution in [0.3, 0.4) is 0 Å². The van der Waals surface area contributed by atoms with E-state index in [0.29, 0.717) is 26.6 Å². The van der Waals surface area contributed by atoms with Gasteiger partial charge in [-0.15, -0.1) is 0 Å². The average Bonchev–Trinajstić information content (AvgIpc) is 2.52. The number of nitrogens with one attached hydrogen (secondary N) is 1. The zero-order chi connectivity index (χ0) is 15.7. The van der Waals surface area contributed by atoms with Gasteiger partial charge in [0, 0.05) is 11.1 Å². The van der Waals surface area contributed by atoms with E-state index < -0.39 is 0 Å². The highest BCUT2D eigenvalue weighted by atomic mass is 35.5. The molecule has 0 saturated carbocycles. The van der Waals surface area contributed by atoms with Crippen molar-refractivity contribution in [3.8, 4) is 6.01 Å². The van der Waals surface area contributed by atoms with E-state index in [4.69, 9.17) is 39.5 Å². The van der Waals surface area contributed by atoms with E-state index in [9.17, 15) is 0 Å². The molecule has 2 aromatic carbocycles. The van der Waals surface area contributed by atoms with Crippen molar-refractivity contribution in [1.29, 1.82) is 0 Å². The Bertz CT molecular complexity index is 832. The largest absolute Gasteiger partial charge is 0.467 e. The monoisotopic (exact) mass is 353 g/mol. The molecule has 3 rings (SSSR count). The van der Waals surface area contributed by atoms with E-state index in [1.165, 1.54) is 7.11 Å². The summed E-state index contributed by atoms with van der Waals surface area (Å²) in [6, 6.07) is 11.2. The van der Waals surface area contributed by atoms with Gasteiger partial charge in [0.1, 0.15) is 5.82 Å². The molecule has 0 spiro atoms. The molecule has 0 saturated heterocycles. The molecule has 0 aliphatic rings. The fourth-order valence-corrected chi connectivity index (χ4v) is 2.60. The second kappa shape index (κ2) is 6.16. The third-order valence-electron chi connectivity index (χ3n) is 3.01. The summed E-state index contributed by atoms with van der Waals surface area (Å²) in [6.07, 6.45) is 0. The van der Waals surface area contributed by atoms with E-state index >= 15 is 0 Å². The number of hydrogen-bond acceptors (Lipinski definition) is 4. The van der Waals surface area contributed by atoms with Crippen LogP contribution in [0.5, 0.6) is 6.01 Å². The van der Waals surface area contributed by atoms with Crippen molar-refractivity contribution < 1.29 is 4.74 Å². The Kier molecular flexibility index (Phi) is 4.25. The van der Waals surface area contributed by atoms with Crippen molar-refractivity contribution in [2.45, 2.75) is 0 Å². The molecule has 0 aliphatic carbocycles. The Balaban J connectivity index is 2.10. The van der Waals surface area contributed by atoms with Crippen LogP contribution in [0.25, 0.3) is 10.9 Å². The number of halogens is 3. The van der Waals surface area contributed by atoms with Gasteiger partial charge >= 0.3 is 6.01 Å². The first-order valence-electron chi connectivity index (χ1n) is 6.31. The smallest absolute Gasteiger partial charge is 0.318 e. The number of para-hydroxylation sites is 1. The molecule has 0 unspecified atom stereocenters. The van der Waals surface area contributed by atoms with Crippen molar-refractivity contribution in [2.75, 3.05) is 12.4 Å². The molecule has 0 aliphatic heterocycles. The molecule has 112 valence electrons. The number of fused-ring (bicyclic) bond motifs is 1. The minimum absolute atomic E-state index is 0.271. The maximum atomic E-state index is 6.05. The Hall–Kier alpha value is -1.75. The number of methoxy groups -OCH3 is 1.